The number of ether oxygens (including phenoxy) is 1. The van der Waals surface area contributed by atoms with Crippen LogP contribution in [0.15, 0.2) is 73.1 Å². The zero-order chi connectivity index (χ0) is 28.2. The van der Waals surface area contributed by atoms with Gasteiger partial charge in [-0.1, -0.05) is 24.3 Å². The second-order valence-corrected chi connectivity index (χ2v) is 10.8. The van der Waals surface area contributed by atoms with Crippen LogP contribution in [0.2, 0.25) is 0 Å². The van der Waals surface area contributed by atoms with Crippen LogP contribution < -0.4 is 15.8 Å². The molecule has 2 aromatic heterocycles. The number of nitrogen functional groups attached to an aromatic ring is 1. The van der Waals surface area contributed by atoms with E-state index in [-0.39, 0.29) is 11.9 Å². The quantitative estimate of drug-likeness (QED) is 0.317. The summed E-state index contributed by atoms with van der Waals surface area (Å²) in [6.07, 6.45) is 8.17. The van der Waals surface area contributed by atoms with Gasteiger partial charge in [0.1, 0.15) is 29.3 Å². The van der Waals surface area contributed by atoms with E-state index in [1.54, 1.807) is 6.08 Å². The van der Waals surface area contributed by atoms with E-state index < -0.39 is 0 Å². The van der Waals surface area contributed by atoms with Crippen molar-refractivity contribution in [3.05, 3.63) is 73.1 Å². The molecule has 1 atom stereocenters. The fraction of sp³-hybridized carbons (Fsp3) is 0.355. The van der Waals surface area contributed by atoms with Crippen LogP contribution in [0.1, 0.15) is 25.3 Å². The van der Waals surface area contributed by atoms with Crippen LogP contribution in [0.3, 0.4) is 0 Å². The van der Waals surface area contributed by atoms with Gasteiger partial charge in [-0.3, -0.25) is 4.79 Å². The van der Waals surface area contributed by atoms with Crippen molar-refractivity contribution < 1.29 is 9.53 Å². The molecular weight excluding hydrogens is 516 g/mol. The molecule has 0 aliphatic carbocycles. The average Bonchev–Trinajstić information content (AvgIpc) is 3.64. The summed E-state index contributed by atoms with van der Waals surface area (Å²) < 4.78 is 7.86. The summed E-state index contributed by atoms with van der Waals surface area (Å²) in [7, 11) is 2.16. The molecule has 0 radical (unpaired) electrons. The lowest BCUT2D eigenvalue weighted by Gasteiger charge is -2.29. The number of amides is 1. The minimum Gasteiger partial charge on any atom is -0.457 e. The Morgan fingerprint density at radius 1 is 1.02 bits per heavy atom. The summed E-state index contributed by atoms with van der Waals surface area (Å²) >= 11 is 0. The fourth-order valence-corrected chi connectivity index (χ4v) is 5.61. The molecule has 41 heavy (non-hydrogen) atoms. The Morgan fingerprint density at radius 3 is 2.56 bits per heavy atom. The monoisotopic (exact) mass is 552 g/mol. The first kappa shape index (κ1) is 26.9. The minimum absolute atomic E-state index is 0.00376. The number of carbonyl (C=O) groups excluding carboxylic acids is 1. The number of likely N-dealkylation sites (tertiary alicyclic amines) is 2. The van der Waals surface area contributed by atoms with Gasteiger partial charge in [-0.2, -0.15) is 5.10 Å². The Hall–Kier alpha value is -4.28. The SMILES string of the molecule is CN1CCC(NC/C=C/C(=O)N2CCC(n3nc(-c4ccc(Oc5ccccc5)cc4)c4c(N)ncnc43)C2)CC1. The lowest BCUT2D eigenvalue weighted by atomic mass is 10.1. The summed E-state index contributed by atoms with van der Waals surface area (Å²) in [5.74, 6) is 1.91. The van der Waals surface area contributed by atoms with Gasteiger partial charge >= 0.3 is 0 Å². The first-order chi connectivity index (χ1) is 20.0. The van der Waals surface area contributed by atoms with Crippen molar-refractivity contribution in [1.29, 1.82) is 0 Å². The fourth-order valence-electron chi connectivity index (χ4n) is 5.61. The Labute approximate surface area is 239 Å². The molecule has 4 heterocycles. The summed E-state index contributed by atoms with van der Waals surface area (Å²) in [5.41, 5.74) is 8.61. The normalized spacial score (nSPS) is 18.5. The molecule has 2 aromatic carbocycles. The van der Waals surface area contributed by atoms with Crippen LogP contribution in [-0.2, 0) is 4.79 Å². The lowest BCUT2D eigenvalue weighted by Crippen LogP contribution is -2.40. The van der Waals surface area contributed by atoms with Gasteiger partial charge in [-0.05, 0) is 75.8 Å². The zero-order valence-electron chi connectivity index (χ0n) is 23.3. The maximum absolute atomic E-state index is 12.9. The second-order valence-electron chi connectivity index (χ2n) is 10.8. The van der Waals surface area contributed by atoms with Gasteiger partial charge in [0.15, 0.2) is 5.65 Å². The Morgan fingerprint density at radius 2 is 1.78 bits per heavy atom. The number of nitrogens with zero attached hydrogens (tertiary/aromatic N) is 6. The third-order valence-electron chi connectivity index (χ3n) is 7.95. The van der Waals surface area contributed by atoms with Gasteiger partial charge in [0.25, 0.3) is 0 Å². The number of piperidine rings is 1. The van der Waals surface area contributed by atoms with E-state index in [1.165, 1.54) is 6.33 Å². The summed E-state index contributed by atoms with van der Waals surface area (Å²) in [4.78, 5) is 26.0. The van der Waals surface area contributed by atoms with Crippen molar-refractivity contribution in [1.82, 2.24) is 34.9 Å². The van der Waals surface area contributed by atoms with Gasteiger partial charge in [-0.15, -0.1) is 0 Å². The van der Waals surface area contributed by atoms with E-state index in [9.17, 15) is 4.79 Å². The molecule has 1 amide bonds. The topological polar surface area (TPSA) is 114 Å². The van der Waals surface area contributed by atoms with Gasteiger partial charge in [0.05, 0.1) is 11.4 Å². The summed E-state index contributed by atoms with van der Waals surface area (Å²) in [6, 6.07) is 17.9. The molecule has 2 saturated heterocycles. The number of aromatic nitrogens is 4. The molecule has 2 fully saturated rings. The smallest absolute Gasteiger partial charge is 0.246 e. The molecule has 212 valence electrons. The molecule has 0 spiro atoms. The highest BCUT2D eigenvalue weighted by Gasteiger charge is 2.30. The van der Waals surface area contributed by atoms with Gasteiger partial charge in [0.2, 0.25) is 5.91 Å². The number of rotatable bonds is 8. The number of nitrogens with two attached hydrogens (primary N) is 1. The van der Waals surface area contributed by atoms with Crippen LogP contribution in [0, 0.1) is 0 Å². The second kappa shape index (κ2) is 12.1. The van der Waals surface area contributed by atoms with Crippen LogP contribution in [0.5, 0.6) is 11.5 Å². The molecule has 1 unspecified atom stereocenters. The summed E-state index contributed by atoms with van der Waals surface area (Å²) in [6.45, 7) is 4.16. The maximum Gasteiger partial charge on any atom is 0.246 e. The van der Waals surface area contributed by atoms with E-state index in [0.717, 1.165) is 49.4 Å². The molecule has 6 rings (SSSR count). The number of fused-ring (bicyclic) bond motifs is 1. The van der Waals surface area contributed by atoms with E-state index in [4.69, 9.17) is 15.6 Å². The van der Waals surface area contributed by atoms with Crippen molar-refractivity contribution in [2.24, 2.45) is 0 Å². The summed E-state index contributed by atoms with van der Waals surface area (Å²) in [5, 5.41) is 9.23. The van der Waals surface area contributed by atoms with Crippen molar-refractivity contribution in [3.63, 3.8) is 0 Å². The highest BCUT2D eigenvalue weighted by atomic mass is 16.5. The van der Waals surface area contributed by atoms with E-state index in [2.05, 4.69) is 27.2 Å². The van der Waals surface area contributed by atoms with Crippen LogP contribution in [0.25, 0.3) is 22.3 Å². The lowest BCUT2D eigenvalue weighted by molar-refractivity contribution is -0.125. The largest absolute Gasteiger partial charge is 0.457 e. The standard InChI is InChI=1S/C31H36N8O2/c1-37-17-13-23(14-18-37)33-16-5-8-27(40)38-19-15-24(20-38)39-31-28(30(32)34-21-35-31)29(36-39)22-9-11-26(12-10-22)41-25-6-3-2-4-7-25/h2-12,21,23-24,33H,13-20H2,1H3,(H2,32,34,35)/b8-5+. The predicted molar refractivity (Wildman–Crippen MR) is 160 cm³/mol. The molecule has 0 saturated carbocycles. The highest BCUT2D eigenvalue weighted by molar-refractivity contribution is 5.98. The van der Waals surface area contributed by atoms with E-state index in [0.29, 0.717) is 48.2 Å². The third kappa shape index (κ3) is 6.08. The predicted octanol–water partition coefficient (Wildman–Crippen LogP) is 3.88. The van der Waals surface area contributed by atoms with Crippen molar-refractivity contribution >= 4 is 22.8 Å². The minimum atomic E-state index is -0.00376. The highest BCUT2D eigenvalue weighted by Crippen LogP contribution is 2.35. The van der Waals surface area contributed by atoms with Gasteiger partial charge < -0.3 is 25.6 Å². The van der Waals surface area contributed by atoms with Crippen molar-refractivity contribution in [3.8, 4) is 22.8 Å². The molecule has 2 aliphatic rings. The number of benzene rings is 2. The van der Waals surface area contributed by atoms with E-state index in [1.807, 2.05) is 70.3 Å². The zero-order valence-corrected chi connectivity index (χ0v) is 23.3. The number of nitrogens with one attached hydrogen (secondary N) is 1. The van der Waals surface area contributed by atoms with Crippen LogP contribution in [0.4, 0.5) is 5.82 Å². The number of carbonyl (C=O) groups is 1. The molecule has 10 heteroatoms. The first-order valence-electron chi connectivity index (χ1n) is 14.2. The number of anilines is 1. The maximum atomic E-state index is 12.9. The number of para-hydroxylation sites is 1. The molecule has 4 aromatic rings. The van der Waals surface area contributed by atoms with Crippen molar-refractivity contribution in [2.75, 3.05) is 45.5 Å². The Balaban J connectivity index is 1.14. The van der Waals surface area contributed by atoms with Gasteiger partial charge in [-0.25, -0.2) is 14.6 Å². The van der Waals surface area contributed by atoms with Crippen molar-refractivity contribution in [2.45, 2.75) is 31.3 Å². The van der Waals surface area contributed by atoms with Crippen LogP contribution in [-0.4, -0.2) is 81.3 Å². The van der Waals surface area contributed by atoms with Gasteiger partial charge in [0, 0.05) is 37.3 Å². The molecular formula is C31H36N8O2. The number of hydrogen-bond donors (Lipinski definition) is 2. The average molecular weight is 553 g/mol. The first-order valence-corrected chi connectivity index (χ1v) is 14.2. The number of hydrogen-bond acceptors (Lipinski definition) is 8. The third-order valence-corrected chi connectivity index (χ3v) is 7.95. The molecule has 2 aliphatic heterocycles. The van der Waals surface area contributed by atoms with Crippen LogP contribution >= 0.6 is 0 Å². The molecule has 3 N–H and O–H groups in total. The Kier molecular flexibility index (Phi) is 7.93. The Bertz CT molecular complexity index is 1510. The molecule has 10 nitrogen and oxygen atoms in total. The van der Waals surface area contributed by atoms with E-state index >= 15 is 0 Å². The molecule has 0 bridgehead atoms.